The van der Waals surface area contributed by atoms with Crippen LogP contribution in [0.3, 0.4) is 0 Å². The molecule has 0 aliphatic rings. The maximum Gasteiger partial charge on any atom is 0.276 e. The Morgan fingerprint density at radius 3 is 2.83 bits per heavy atom. The summed E-state index contributed by atoms with van der Waals surface area (Å²) >= 11 is 0. The van der Waals surface area contributed by atoms with Gasteiger partial charge >= 0.3 is 0 Å². The lowest BCUT2D eigenvalue weighted by Crippen LogP contribution is -2.22. The van der Waals surface area contributed by atoms with Gasteiger partial charge in [-0.3, -0.25) is 10.0 Å². The van der Waals surface area contributed by atoms with Crippen LogP contribution in [0.1, 0.15) is 48.5 Å². The molecule has 0 radical (unpaired) electrons. The minimum absolute atomic E-state index is 0.392. The SMILES string of the molecule is CCCCCC=Cc1cccc(C(=O)N(C)O)c1. The number of hydrogen-bond donors (Lipinski definition) is 1. The van der Waals surface area contributed by atoms with Gasteiger partial charge in [0.25, 0.3) is 5.91 Å². The maximum absolute atomic E-state index is 11.6. The third kappa shape index (κ3) is 4.72. The molecule has 0 aliphatic carbocycles. The molecule has 1 N–H and O–H groups in total. The molecule has 0 atom stereocenters. The number of allylic oxidation sites excluding steroid dienone is 1. The van der Waals surface area contributed by atoms with Gasteiger partial charge in [0, 0.05) is 12.6 Å². The van der Waals surface area contributed by atoms with Gasteiger partial charge in [-0.05, 0) is 30.5 Å². The summed E-state index contributed by atoms with van der Waals surface area (Å²) in [5.41, 5.74) is 1.48. The fraction of sp³-hybridized carbons (Fsp3) is 0.400. The summed E-state index contributed by atoms with van der Waals surface area (Å²) in [7, 11) is 1.33. The molecule has 1 aromatic carbocycles. The molecule has 98 valence electrons. The number of unbranched alkanes of at least 4 members (excludes halogenated alkanes) is 3. The number of amides is 1. The smallest absolute Gasteiger partial charge is 0.276 e. The van der Waals surface area contributed by atoms with Crippen molar-refractivity contribution in [1.82, 2.24) is 5.06 Å². The fourth-order valence-electron chi connectivity index (χ4n) is 1.69. The van der Waals surface area contributed by atoms with E-state index in [9.17, 15) is 4.79 Å². The molecule has 1 amide bonds. The summed E-state index contributed by atoms with van der Waals surface area (Å²) in [5.74, 6) is -0.392. The van der Waals surface area contributed by atoms with Crippen molar-refractivity contribution in [2.75, 3.05) is 7.05 Å². The number of carbonyl (C=O) groups is 1. The Morgan fingerprint density at radius 2 is 2.17 bits per heavy atom. The topological polar surface area (TPSA) is 40.5 Å². The highest BCUT2D eigenvalue weighted by Crippen LogP contribution is 2.10. The van der Waals surface area contributed by atoms with E-state index in [0.29, 0.717) is 10.6 Å². The van der Waals surface area contributed by atoms with Crippen LogP contribution in [0.25, 0.3) is 6.08 Å². The van der Waals surface area contributed by atoms with Gasteiger partial charge in [0.2, 0.25) is 0 Å². The quantitative estimate of drug-likeness (QED) is 0.472. The van der Waals surface area contributed by atoms with Crippen molar-refractivity contribution < 1.29 is 10.0 Å². The predicted molar refractivity (Wildman–Crippen MR) is 73.5 cm³/mol. The molecule has 0 spiro atoms. The molecule has 0 aliphatic heterocycles. The summed E-state index contributed by atoms with van der Waals surface area (Å²) in [4.78, 5) is 11.6. The standard InChI is InChI=1S/C15H21NO2/c1-3-4-5-6-7-9-13-10-8-11-14(12-13)15(17)16(2)18/h7-12,18H,3-6H2,1-2H3. The number of hydrogen-bond acceptors (Lipinski definition) is 2. The molecule has 0 unspecified atom stereocenters. The number of hydroxylamine groups is 2. The van der Waals surface area contributed by atoms with Crippen molar-refractivity contribution in [2.24, 2.45) is 0 Å². The molecular weight excluding hydrogens is 226 g/mol. The highest BCUT2D eigenvalue weighted by Gasteiger charge is 2.08. The average molecular weight is 247 g/mol. The maximum atomic E-state index is 11.6. The second kappa shape index (κ2) is 7.67. The fourth-order valence-corrected chi connectivity index (χ4v) is 1.69. The second-order valence-electron chi connectivity index (χ2n) is 4.35. The van der Waals surface area contributed by atoms with Crippen molar-refractivity contribution in [3.63, 3.8) is 0 Å². The van der Waals surface area contributed by atoms with Crippen LogP contribution in [0.4, 0.5) is 0 Å². The van der Waals surface area contributed by atoms with Crippen molar-refractivity contribution in [1.29, 1.82) is 0 Å². The largest absolute Gasteiger partial charge is 0.286 e. The van der Waals surface area contributed by atoms with Crippen molar-refractivity contribution >= 4 is 12.0 Å². The third-order valence-corrected chi connectivity index (χ3v) is 2.71. The van der Waals surface area contributed by atoms with Crippen LogP contribution in [-0.4, -0.2) is 23.2 Å². The molecule has 1 rings (SSSR count). The summed E-state index contributed by atoms with van der Waals surface area (Å²) in [6.45, 7) is 2.18. The molecule has 18 heavy (non-hydrogen) atoms. The van der Waals surface area contributed by atoms with E-state index in [4.69, 9.17) is 5.21 Å². The summed E-state index contributed by atoms with van der Waals surface area (Å²) in [6.07, 6.45) is 8.88. The Hall–Kier alpha value is -1.61. The minimum atomic E-state index is -0.392. The monoisotopic (exact) mass is 247 g/mol. The summed E-state index contributed by atoms with van der Waals surface area (Å²) < 4.78 is 0. The lowest BCUT2D eigenvalue weighted by Gasteiger charge is -2.08. The van der Waals surface area contributed by atoms with Crippen LogP contribution < -0.4 is 0 Å². The molecule has 0 aromatic heterocycles. The molecule has 0 fully saturated rings. The molecule has 3 heteroatoms. The third-order valence-electron chi connectivity index (χ3n) is 2.71. The molecule has 1 aromatic rings. The van der Waals surface area contributed by atoms with Gasteiger partial charge in [-0.1, -0.05) is 44.1 Å². The highest BCUT2D eigenvalue weighted by molar-refractivity contribution is 5.93. The molecule has 0 bridgehead atoms. The first-order valence-corrected chi connectivity index (χ1v) is 6.38. The summed E-state index contributed by atoms with van der Waals surface area (Å²) in [6, 6.07) is 7.25. The molecule has 0 saturated carbocycles. The van der Waals surface area contributed by atoms with E-state index in [1.807, 2.05) is 18.2 Å². The minimum Gasteiger partial charge on any atom is -0.286 e. The number of nitrogens with zero attached hydrogens (tertiary/aromatic N) is 1. The van der Waals surface area contributed by atoms with E-state index >= 15 is 0 Å². The highest BCUT2D eigenvalue weighted by atomic mass is 16.5. The van der Waals surface area contributed by atoms with E-state index in [1.54, 1.807) is 12.1 Å². The Balaban J connectivity index is 2.62. The first kappa shape index (κ1) is 14.5. The van der Waals surface area contributed by atoms with Crippen LogP contribution in [0, 0.1) is 0 Å². The van der Waals surface area contributed by atoms with Gasteiger partial charge in [-0.2, -0.15) is 0 Å². The van der Waals surface area contributed by atoms with Gasteiger partial charge in [-0.15, -0.1) is 0 Å². The normalized spacial score (nSPS) is 10.8. The van der Waals surface area contributed by atoms with Gasteiger partial charge in [0.15, 0.2) is 0 Å². The summed E-state index contributed by atoms with van der Waals surface area (Å²) in [5, 5.41) is 9.71. The number of rotatable bonds is 6. The van der Waals surface area contributed by atoms with Gasteiger partial charge in [-0.25, -0.2) is 5.06 Å². The lowest BCUT2D eigenvalue weighted by molar-refractivity contribution is -0.0374. The molecule has 3 nitrogen and oxygen atoms in total. The van der Waals surface area contributed by atoms with Crippen molar-refractivity contribution in [3.8, 4) is 0 Å². The van der Waals surface area contributed by atoms with Crippen molar-refractivity contribution in [2.45, 2.75) is 32.6 Å². The first-order valence-electron chi connectivity index (χ1n) is 6.38. The van der Waals surface area contributed by atoms with Crippen LogP contribution in [0.2, 0.25) is 0 Å². The van der Waals surface area contributed by atoms with Gasteiger partial charge in [0.1, 0.15) is 0 Å². The van der Waals surface area contributed by atoms with E-state index in [2.05, 4.69) is 13.0 Å². The van der Waals surface area contributed by atoms with Crippen LogP contribution in [0.15, 0.2) is 30.3 Å². The number of carbonyl (C=O) groups excluding carboxylic acids is 1. The van der Waals surface area contributed by atoms with Crippen LogP contribution in [-0.2, 0) is 0 Å². The van der Waals surface area contributed by atoms with E-state index in [0.717, 1.165) is 12.0 Å². The van der Waals surface area contributed by atoms with E-state index < -0.39 is 5.91 Å². The van der Waals surface area contributed by atoms with Gasteiger partial charge in [0.05, 0.1) is 0 Å². The zero-order chi connectivity index (χ0) is 13.4. The molecular formula is C15H21NO2. The Bertz CT molecular complexity index is 411. The predicted octanol–water partition coefficient (Wildman–Crippen LogP) is 3.74. The lowest BCUT2D eigenvalue weighted by atomic mass is 10.1. The molecule has 0 heterocycles. The Morgan fingerprint density at radius 1 is 1.39 bits per heavy atom. The zero-order valence-electron chi connectivity index (χ0n) is 11.1. The first-order chi connectivity index (χ1) is 8.65. The van der Waals surface area contributed by atoms with Crippen LogP contribution >= 0.6 is 0 Å². The van der Waals surface area contributed by atoms with E-state index in [1.165, 1.54) is 26.3 Å². The Labute approximate surface area is 109 Å². The van der Waals surface area contributed by atoms with Crippen molar-refractivity contribution in [3.05, 3.63) is 41.5 Å². The average Bonchev–Trinajstić information content (AvgIpc) is 2.38. The molecule has 0 saturated heterocycles. The van der Waals surface area contributed by atoms with E-state index in [-0.39, 0.29) is 0 Å². The number of benzene rings is 1. The zero-order valence-corrected chi connectivity index (χ0v) is 11.1. The second-order valence-corrected chi connectivity index (χ2v) is 4.35. The van der Waals surface area contributed by atoms with Crippen LogP contribution in [0.5, 0.6) is 0 Å². The van der Waals surface area contributed by atoms with Gasteiger partial charge < -0.3 is 0 Å². The Kier molecular flexibility index (Phi) is 6.15.